The molecule has 2 fully saturated rings. The highest BCUT2D eigenvalue weighted by Gasteiger charge is 2.27. The molecule has 0 unspecified atom stereocenters. The second kappa shape index (κ2) is 9.98. The van der Waals surface area contributed by atoms with Gasteiger partial charge in [0.2, 0.25) is 11.8 Å². The highest BCUT2D eigenvalue weighted by molar-refractivity contribution is 5.94. The number of carbonyl (C=O) groups excluding carboxylic acids is 2. The number of nitrogens with one attached hydrogen (secondary N) is 1. The topological polar surface area (TPSA) is 55.9 Å². The average molecular weight is 391 g/mol. The standard InChI is InChI=1S/C21H31FN4O2/c1-17(21(28)23-19-8-6-18(22)7-9-19)25-14-12-24(13-15-25)16-20(27)26-10-4-2-3-5-11-26/h6-9,17H,2-5,10-16H2,1H3,(H,23,28)/t17-/m0/s1. The number of likely N-dealkylation sites (tertiary alicyclic amines) is 1. The molecule has 6 nitrogen and oxygen atoms in total. The molecule has 1 N–H and O–H groups in total. The molecule has 7 heteroatoms. The Balaban J connectivity index is 1.43. The fourth-order valence-corrected chi connectivity index (χ4v) is 3.87. The quantitative estimate of drug-likeness (QED) is 0.837. The van der Waals surface area contributed by atoms with Crippen molar-refractivity contribution in [1.29, 1.82) is 0 Å². The second-order valence-corrected chi connectivity index (χ2v) is 7.78. The number of rotatable bonds is 5. The number of benzene rings is 1. The van der Waals surface area contributed by atoms with Crippen LogP contribution in [0.4, 0.5) is 10.1 Å². The first-order valence-corrected chi connectivity index (χ1v) is 10.3. The molecule has 2 amide bonds. The minimum atomic E-state index is -0.322. The van der Waals surface area contributed by atoms with E-state index in [1.807, 2.05) is 11.8 Å². The van der Waals surface area contributed by atoms with Crippen LogP contribution in [0.15, 0.2) is 24.3 Å². The van der Waals surface area contributed by atoms with E-state index in [1.165, 1.54) is 25.0 Å². The van der Waals surface area contributed by atoms with Gasteiger partial charge in [-0.05, 0) is 44.0 Å². The summed E-state index contributed by atoms with van der Waals surface area (Å²) in [5.41, 5.74) is 0.597. The third-order valence-corrected chi connectivity index (χ3v) is 5.76. The highest BCUT2D eigenvalue weighted by atomic mass is 19.1. The van der Waals surface area contributed by atoms with Crippen LogP contribution in [0, 0.1) is 5.82 Å². The Morgan fingerprint density at radius 3 is 2.18 bits per heavy atom. The third kappa shape index (κ3) is 5.75. The Hall–Kier alpha value is -1.99. The maximum absolute atomic E-state index is 13.0. The van der Waals surface area contributed by atoms with Crippen LogP contribution in [0.3, 0.4) is 0 Å². The molecular weight excluding hydrogens is 359 g/mol. The first-order valence-electron chi connectivity index (χ1n) is 10.3. The van der Waals surface area contributed by atoms with Gasteiger partial charge >= 0.3 is 0 Å². The maximum atomic E-state index is 13.0. The number of hydrogen-bond acceptors (Lipinski definition) is 4. The average Bonchev–Trinajstić information content (AvgIpc) is 2.99. The largest absolute Gasteiger partial charge is 0.342 e. The highest BCUT2D eigenvalue weighted by Crippen LogP contribution is 2.13. The van der Waals surface area contributed by atoms with E-state index in [1.54, 1.807) is 12.1 Å². The molecule has 1 aromatic carbocycles. The molecule has 0 radical (unpaired) electrons. The minimum Gasteiger partial charge on any atom is -0.342 e. The molecule has 0 saturated carbocycles. The second-order valence-electron chi connectivity index (χ2n) is 7.78. The molecule has 0 aromatic heterocycles. The minimum absolute atomic E-state index is 0.0966. The van der Waals surface area contributed by atoms with Crippen molar-refractivity contribution in [2.24, 2.45) is 0 Å². The molecule has 2 saturated heterocycles. The van der Waals surface area contributed by atoms with Crippen molar-refractivity contribution < 1.29 is 14.0 Å². The van der Waals surface area contributed by atoms with E-state index in [4.69, 9.17) is 0 Å². The third-order valence-electron chi connectivity index (χ3n) is 5.76. The summed E-state index contributed by atoms with van der Waals surface area (Å²) in [6.45, 7) is 7.22. The van der Waals surface area contributed by atoms with Crippen LogP contribution in [0.25, 0.3) is 0 Å². The van der Waals surface area contributed by atoms with Gasteiger partial charge in [-0.25, -0.2) is 4.39 Å². The molecule has 154 valence electrons. The lowest BCUT2D eigenvalue weighted by Gasteiger charge is -2.37. The summed E-state index contributed by atoms with van der Waals surface area (Å²) in [6.07, 6.45) is 4.67. The number of amides is 2. The summed E-state index contributed by atoms with van der Waals surface area (Å²) in [4.78, 5) is 31.4. The van der Waals surface area contributed by atoms with Gasteiger partial charge in [0.25, 0.3) is 0 Å². The van der Waals surface area contributed by atoms with Gasteiger partial charge in [-0.15, -0.1) is 0 Å². The lowest BCUT2D eigenvalue weighted by atomic mass is 10.2. The van der Waals surface area contributed by atoms with Gasteiger partial charge in [0.15, 0.2) is 0 Å². The lowest BCUT2D eigenvalue weighted by molar-refractivity contribution is -0.133. The normalized spacial score (nSPS) is 20.4. The van der Waals surface area contributed by atoms with Crippen molar-refractivity contribution in [3.8, 4) is 0 Å². The summed E-state index contributed by atoms with van der Waals surface area (Å²) < 4.78 is 13.0. The van der Waals surface area contributed by atoms with Crippen LogP contribution in [0.1, 0.15) is 32.6 Å². The Morgan fingerprint density at radius 1 is 0.964 bits per heavy atom. The molecule has 2 heterocycles. The van der Waals surface area contributed by atoms with Gasteiger partial charge in [0.05, 0.1) is 12.6 Å². The summed E-state index contributed by atoms with van der Waals surface area (Å²) in [7, 11) is 0. The molecule has 1 atom stereocenters. The number of piperazine rings is 1. The van der Waals surface area contributed by atoms with E-state index in [9.17, 15) is 14.0 Å². The molecule has 1 aromatic rings. The molecular formula is C21H31FN4O2. The van der Waals surface area contributed by atoms with Gasteiger partial charge < -0.3 is 10.2 Å². The Bertz CT molecular complexity index is 651. The molecule has 0 aliphatic carbocycles. The van der Waals surface area contributed by atoms with Gasteiger partial charge in [0.1, 0.15) is 5.82 Å². The van der Waals surface area contributed by atoms with E-state index in [2.05, 4.69) is 15.1 Å². The molecule has 2 aliphatic heterocycles. The van der Waals surface area contributed by atoms with Crippen LogP contribution in [-0.2, 0) is 9.59 Å². The van der Waals surface area contributed by atoms with Gasteiger partial charge in [0, 0.05) is 45.0 Å². The van der Waals surface area contributed by atoms with Crippen molar-refractivity contribution in [3.05, 3.63) is 30.1 Å². The van der Waals surface area contributed by atoms with Crippen molar-refractivity contribution in [2.75, 3.05) is 51.1 Å². The van der Waals surface area contributed by atoms with E-state index in [-0.39, 0.29) is 23.7 Å². The van der Waals surface area contributed by atoms with Crippen LogP contribution >= 0.6 is 0 Å². The van der Waals surface area contributed by atoms with Crippen molar-refractivity contribution in [1.82, 2.24) is 14.7 Å². The van der Waals surface area contributed by atoms with E-state index < -0.39 is 0 Å². The van der Waals surface area contributed by atoms with E-state index >= 15 is 0 Å². The van der Waals surface area contributed by atoms with Crippen LogP contribution in [0.2, 0.25) is 0 Å². The maximum Gasteiger partial charge on any atom is 0.241 e. The molecule has 3 rings (SSSR count). The van der Waals surface area contributed by atoms with Gasteiger partial charge in [-0.2, -0.15) is 0 Å². The first kappa shape index (κ1) is 20.7. The predicted molar refractivity (Wildman–Crippen MR) is 108 cm³/mol. The molecule has 2 aliphatic rings. The van der Waals surface area contributed by atoms with Gasteiger partial charge in [-0.1, -0.05) is 12.8 Å². The predicted octanol–water partition coefficient (Wildman–Crippen LogP) is 2.17. The summed E-state index contributed by atoms with van der Waals surface area (Å²) in [5, 5.41) is 2.84. The zero-order chi connectivity index (χ0) is 19.9. The fraction of sp³-hybridized carbons (Fsp3) is 0.619. The van der Waals surface area contributed by atoms with Crippen LogP contribution in [0.5, 0.6) is 0 Å². The van der Waals surface area contributed by atoms with Crippen molar-refractivity contribution >= 4 is 17.5 Å². The summed E-state index contributed by atoms with van der Waals surface area (Å²) in [5.74, 6) is -0.185. The van der Waals surface area contributed by atoms with Crippen LogP contribution in [-0.4, -0.2) is 78.4 Å². The number of carbonyl (C=O) groups is 2. The Morgan fingerprint density at radius 2 is 1.57 bits per heavy atom. The van der Waals surface area contributed by atoms with Crippen molar-refractivity contribution in [2.45, 2.75) is 38.6 Å². The number of hydrogen-bond donors (Lipinski definition) is 1. The Labute approximate surface area is 166 Å². The number of anilines is 1. The van der Waals surface area contributed by atoms with Gasteiger partial charge in [-0.3, -0.25) is 19.4 Å². The lowest BCUT2D eigenvalue weighted by Crippen LogP contribution is -2.54. The zero-order valence-electron chi connectivity index (χ0n) is 16.7. The Kier molecular flexibility index (Phi) is 7.39. The molecule has 0 spiro atoms. The summed E-state index contributed by atoms with van der Waals surface area (Å²) in [6, 6.07) is 5.52. The van der Waals surface area contributed by atoms with E-state index in [0.29, 0.717) is 12.2 Å². The number of nitrogens with zero attached hydrogens (tertiary/aromatic N) is 3. The number of halogens is 1. The van der Waals surface area contributed by atoms with E-state index in [0.717, 1.165) is 52.1 Å². The first-order chi connectivity index (χ1) is 13.5. The summed E-state index contributed by atoms with van der Waals surface area (Å²) >= 11 is 0. The SMILES string of the molecule is C[C@@H](C(=O)Nc1ccc(F)cc1)N1CCN(CC(=O)N2CCCCCC2)CC1. The smallest absolute Gasteiger partial charge is 0.241 e. The van der Waals surface area contributed by atoms with Crippen LogP contribution < -0.4 is 5.32 Å². The molecule has 0 bridgehead atoms. The molecule has 28 heavy (non-hydrogen) atoms. The zero-order valence-corrected chi connectivity index (χ0v) is 16.7. The monoisotopic (exact) mass is 390 g/mol. The fourth-order valence-electron chi connectivity index (χ4n) is 3.87. The van der Waals surface area contributed by atoms with Crippen molar-refractivity contribution in [3.63, 3.8) is 0 Å².